The zero-order valence-electron chi connectivity index (χ0n) is 18.0. The third kappa shape index (κ3) is 7.18. The molecular formula is C23H34N2O4. The minimum absolute atomic E-state index is 0.00846. The molecule has 2 aromatic rings. The second-order valence-corrected chi connectivity index (χ2v) is 7.56. The second-order valence-electron chi connectivity index (χ2n) is 7.56. The van der Waals surface area contributed by atoms with Gasteiger partial charge in [-0.15, -0.1) is 0 Å². The van der Waals surface area contributed by atoms with Crippen molar-refractivity contribution in [1.82, 2.24) is 9.97 Å². The molecule has 0 bridgehead atoms. The van der Waals surface area contributed by atoms with Crippen LogP contribution in [0.1, 0.15) is 88.2 Å². The first-order valence-corrected chi connectivity index (χ1v) is 10.8. The van der Waals surface area contributed by atoms with Gasteiger partial charge in [-0.25, -0.2) is 9.78 Å². The van der Waals surface area contributed by atoms with E-state index >= 15 is 0 Å². The number of rotatable bonds is 13. The van der Waals surface area contributed by atoms with Crippen LogP contribution < -0.4 is 0 Å². The van der Waals surface area contributed by atoms with Gasteiger partial charge in [0.1, 0.15) is 12.3 Å². The Hall–Kier alpha value is -2.37. The quantitative estimate of drug-likeness (QED) is 0.350. The number of nitrogens with zero attached hydrogens (tertiary/aromatic N) is 1. The number of aromatic nitrogens is 2. The van der Waals surface area contributed by atoms with Gasteiger partial charge >= 0.3 is 11.9 Å². The van der Waals surface area contributed by atoms with E-state index in [1.54, 1.807) is 12.3 Å². The van der Waals surface area contributed by atoms with Crippen molar-refractivity contribution in [2.75, 3.05) is 6.61 Å². The number of nitrogens with one attached hydrogen (secondary N) is 1. The van der Waals surface area contributed by atoms with Crippen LogP contribution in [0.3, 0.4) is 0 Å². The predicted octanol–water partition coefficient (Wildman–Crippen LogP) is 5.56. The van der Waals surface area contributed by atoms with Crippen molar-refractivity contribution in [2.24, 2.45) is 5.92 Å². The highest BCUT2D eigenvalue weighted by molar-refractivity contribution is 6.04. The van der Waals surface area contributed by atoms with Crippen LogP contribution in [0, 0.1) is 5.92 Å². The molecule has 0 amide bonds. The van der Waals surface area contributed by atoms with E-state index in [9.17, 15) is 9.59 Å². The van der Waals surface area contributed by atoms with Gasteiger partial charge in [-0.1, -0.05) is 58.8 Å². The molecular weight excluding hydrogens is 368 g/mol. The number of fused-ring (bicyclic) bond motifs is 1. The van der Waals surface area contributed by atoms with Crippen molar-refractivity contribution in [2.45, 2.75) is 78.7 Å². The molecule has 2 heterocycles. The summed E-state index contributed by atoms with van der Waals surface area (Å²) in [6, 6.07) is 3.59. The fourth-order valence-electron chi connectivity index (χ4n) is 3.57. The molecule has 1 unspecified atom stereocenters. The van der Waals surface area contributed by atoms with Crippen molar-refractivity contribution in [1.29, 1.82) is 0 Å². The molecule has 0 aromatic carbocycles. The number of pyridine rings is 1. The molecule has 6 heteroatoms. The van der Waals surface area contributed by atoms with Gasteiger partial charge < -0.3 is 14.5 Å². The molecule has 0 aliphatic heterocycles. The average molecular weight is 403 g/mol. The standard InChI is InChI=1S/C23H34N2O4/c1-4-6-7-8-9-11-18(5-2)13-15-28-23(27)21-19-12-10-14-24-22(19)25-20(21)16-29-17(3)26/h10,12,14,18H,4-9,11,13,15-16H2,1-3H3,(H,24,25). The highest BCUT2D eigenvalue weighted by Gasteiger charge is 2.21. The van der Waals surface area contributed by atoms with Crippen LogP contribution in [-0.4, -0.2) is 28.5 Å². The molecule has 1 N–H and O–H groups in total. The Kier molecular flexibility index (Phi) is 9.68. The maximum absolute atomic E-state index is 12.8. The summed E-state index contributed by atoms with van der Waals surface area (Å²) in [6.07, 6.45) is 11.2. The van der Waals surface area contributed by atoms with Crippen LogP contribution in [0.2, 0.25) is 0 Å². The normalized spacial score (nSPS) is 12.1. The summed E-state index contributed by atoms with van der Waals surface area (Å²) >= 11 is 0. The number of carbonyl (C=O) groups excluding carboxylic acids is 2. The molecule has 2 rings (SSSR count). The van der Waals surface area contributed by atoms with Crippen molar-refractivity contribution in [3.8, 4) is 0 Å². The van der Waals surface area contributed by atoms with E-state index < -0.39 is 11.9 Å². The molecule has 0 saturated heterocycles. The number of hydrogen-bond donors (Lipinski definition) is 1. The third-order valence-corrected chi connectivity index (χ3v) is 5.32. The monoisotopic (exact) mass is 402 g/mol. The molecule has 6 nitrogen and oxygen atoms in total. The number of aromatic amines is 1. The highest BCUT2D eigenvalue weighted by atomic mass is 16.5. The number of ether oxygens (including phenoxy) is 2. The zero-order valence-corrected chi connectivity index (χ0v) is 18.0. The van der Waals surface area contributed by atoms with Gasteiger partial charge in [-0.2, -0.15) is 0 Å². The van der Waals surface area contributed by atoms with Crippen LogP contribution in [0.5, 0.6) is 0 Å². The van der Waals surface area contributed by atoms with E-state index in [4.69, 9.17) is 9.47 Å². The van der Waals surface area contributed by atoms with Crippen molar-refractivity contribution in [3.63, 3.8) is 0 Å². The Morgan fingerprint density at radius 1 is 1.10 bits per heavy atom. The molecule has 0 radical (unpaired) electrons. The smallest absolute Gasteiger partial charge is 0.340 e. The van der Waals surface area contributed by atoms with Crippen LogP contribution in [0.15, 0.2) is 18.3 Å². The minimum Gasteiger partial charge on any atom is -0.462 e. The number of carbonyl (C=O) groups is 2. The molecule has 0 spiro atoms. The second kappa shape index (κ2) is 12.2. The van der Waals surface area contributed by atoms with Crippen LogP contribution >= 0.6 is 0 Å². The maximum atomic E-state index is 12.8. The molecule has 29 heavy (non-hydrogen) atoms. The number of unbranched alkanes of at least 4 members (excludes halogenated alkanes) is 4. The van der Waals surface area contributed by atoms with Crippen LogP contribution in [0.4, 0.5) is 0 Å². The predicted molar refractivity (Wildman–Crippen MR) is 114 cm³/mol. The largest absolute Gasteiger partial charge is 0.462 e. The van der Waals surface area contributed by atoms with Gasteiger partial charge in [0.05, 0.1) is 17.9 Å². The lowest BCUT2D eigenvalue weighted by molar-refractivity contribution is -0.142. The Bertz CT molecular complexity index is 784. The summed E-state index contributed by atoms with van der Waals surface area (Å²) in [5.74, 6) is -0.223. The van der Waals surface area contributed by atoms with Gasteiger partial charge in [0.2, 0.25) is 0 Å². The lowest BCUT2D eigenvalue weighted by atomic mass is 9.95. The van der Waals surface area contributed by atoms with Crippen LogP contribution in [-0.2, 0) is 20.9 Å². The van der Waals surface area contributed by atoms with E-state index in [0.717, 1.165) is 12.8 Å². The zero-order chi connectivity index (χ0) is 21.1. The first-order chi connectivity index (χ1) is 14.1. The summed E-state index contributed by atoms with van der Waals surface area (Å²) in [6.45, 7) is 6.15. The Balaban J connectivity index is 1.93. The topological polar surface area (TPSA) is 81.3 Å². The number of H-pyrrole nitrogens is 1. The van der Waals surface area contributed by atoms with E-state index in [2.05, 4.69) is 23.8 Å². The molecule has 0 aliphatic carbocycles. The number of hydrogen-bond acceptors (Lipinski definition) is 5. The SMILES string of the molecule is CCCCCCCC(CC)CCOC(=O)c1c(COC(C)=O)[nH]c2ncccc12. The molecule has 2 aromatic heterocycles. The van der Waals surface area contributed by atoms with Crippen molar-refractivity contribution in [3.05, 3.63) is 29.6 Å². The fraction of sp³-hybridized carbons (Fsp3) is 0.609. The fourth-order valence-corrected chi connectivity index (χ4v) is 3.57. The van der Waals surface area contributed by atoms with Gasteiger partial charge in [-0.3, -0.25) is 4.79 Å². The summed E-state index contributed by atoms with van der Waals surface area (Å²) < 4.78 is 10.7. The van der Waals surface area contributed by atoms with E-state index in [0.29, 0.717) is 34.8 Å². The van der Waals surface area contributed by atoms with E-state index in [-0.39, 0.29) is 6.61 Å². The lowest BCUT2D eigenvalue weighted by Crippen LogP contribution is -2.12. The summed E-state index contributed by atoms with van der Waals surface area (Å²) in [7, 11) is 0. The molecule has 0 saturated carbocycles. The van der Waals surface area contributed by atoms with Crippen molar-refractivity contribution < 1.29 is 19.1 Å². The van der Waals surface area contributed by atoms with Crippen LogP contribution in [0.25, 0.3) is 11.0 Å². The molecule has 160 valence electrons. The van der Waals surface area contributed by atoms with E-state index in [1.807, 2.05) is 6.07 Å². The van der Waals surface area contributed by atoms with Crippen molar-refractivity contribution >= 4 is 23.0 Å². The summed E-state index contributed by atoms with van der Waals surface area (Å²) in [4.78, 5) is 31.3. The van der Waals surface area contributed by atoms with Gasteiger partial charge in [0.25, 0.3) is 0 Å². The molecule has 0 fully saturated rings. The average Bonchev–Trinajstić information content (AvgIpc) is 3.09. The first-order valence-electron chi connectivity index (χ1n) is 10.8. The van der Waals surface area contributed by atoms with Gasteiger partial charge in [0.15, 0.2) is 0 Å². The summed E-state index contributed by atoms with van der Waals surface area (Å²) in [5.41, 5.74) is 1.50. The molecule has 1 atom stereocenters. The van der Waals surface area contributed by atoms with Gasteiger partial charge in [-0.05, 0) is 24.5 Å². The number of esters is 2. The Morgan fingerprint density at radius 2 is 1.90 bits per heavy atom. The maximum Gasteiger partial charge on any atom is 0.340 e. The molecule has 0 aliphatic rings. The van der Waals surface area contributed by atoms with E-state index in [1.165, 1.54) is 45.4 Å². The summed E-state index contributed by atoms with van der Waals surface area (Å²) in [5, 5.41) is 0.683. The Labute approximate surface area is 173 Å². The Morgan fingerprint density at radius 3 is 2.62 bits per heavy atom. The first kappa shape index (κ1) is 22.9. The van der Waals surface area contributed by atoms with Gasteiger partial charge in [0, 0.05) is 18.5 Å². The highest BCUT2D eigenvalue weighted by Crippen LogP contribution is 2.23. The lowest BCUT2D eigenvalue weighted by Gasteiger charge is -2.15. The minimum atomic E-state index is -0.402. The third-order valence-electron chi connectivity index (χ3n) is 5.32.